The maximum absolute atomic E-state index is 13.0. The molecule has 0 saturated carbocycles. The molecule has 11 heteroatoms. The molecule has 0 bridgehead atoms. The number of amides is 1. The lowest BCUT2D eigenvalue weighted by Crippen LogP contribution is -2.11. The van der Waals surface area contributed by atoms with Gasteiger partial charge in [0.05, 0.1) is 17.8 Å². The predicted octanol–water partition coefficient (Wildman–Crippen LogP) is 5.94. The van der Waals surface area contributed by atoms with Crippen LogP contribution in [0.2, 0.25) is 10.0 Å². The number of nitrogens with one attached hydrogen (secondary N) is 1. The summed E-state index contributed by atoms with van der Waals surface area (Å²) >= 11 is 15.2. The van der Waals surface area contributed by atoms with Crippen LogP contribution in [0.15, 0.2) is 36.4 Å². The number of methoxy groups -OCH3 is 1. The van der Waals surface area contributed by atoms with E-state index in [0.717, 1.165) is 20.7 Å². The fourth-order valence-corrected chi connectivity index (χ4v) is 5.70. The lowest BCUT2D eigenvalue weighted by atomic mass is 10.2. The van der Waals surface area contributed by atoms with E-state index < -0.39 is 0 Å². The summed E-state index contributed by atoms with van der Waals surface area (Å²) in [6.07, 6.45) is 0. The minimum Gasteiger partial charge on any atom is -0.495 e. The summed E-state index contributed by atoms with van der Waals surface area (Å²) in [5.74, 6) is 0.905. The van der Waals surface area contributed by atoms with Gasteiger partial charge in [-0.3, -0.25) is 4.79 Å². The van der Waals surface area contributed by atoms with Gasteiger partial charge in [0.2, 0.25) is 4.96 Å². The van der Waals surface area contributed by atoms with Crippen molar-refractivity contribution in [1.82, 2.24) is 19.8 Å². The Labute approximate surface area is 194 Å². The summed E-state index contributed by atoms with van der Waals surface area (Å²) in [6.45, 7) is 1.84. The third-order valence-corrected chi connectivity index (χ3v) is 7.48. The van der Waals surface area contributed by atoms with Crippen LogP contribution in [0.25, 0.3) is 25.6 Å². The molecule has 31 heavy (non-hydrogen) atoms. The fraction of sp³-hybridized carbons (Fsp3) is 0.100. The monoisotopic (exact) mass is 489 g/mol. The predicted molar refractivity (Wildman–Crippen MR) is 125 cm³/mol. The molecule has 0 aliphatic rings. The van der Waals surface area contributed by atoms with E-state index in [2.05, 4.69) is 20.6 Å². The van der Waals surface area contributed by atoms with Crippen molar-refractivity contribution in [3.05, 3.63) is 57.1 Å². The maximum Gasteiger partial charge on any atom is 0.267 e. The molecule has 0 aliphatic carbocycles. The van der Waals surface area contributed by atoms with E-state index >= 15 is 0 Å². The Balaban J connectivity index is 1.51. The van der Waals surface area contributed by atoms with Gasteiger partial charge >= 0.3 is 0 Å². The number of fused-ring (bicyclic) bond motifs is 2. The summed E-state index contributed by atoms with van der Waals surface area (Å²) in [5, 5.41) is 18.1. The molecule has 7 nitrogen and oxygen atoms in total. The van der Waals surface area contributed by atoms with Gasteiger partial charge in [-0.1, -0.05) is 40.6 Å². The Hall–Kier alpha value is -2.72. The van der Waals surface area contributed by atoms with Crippen molar-refractivity contribution in [3.8, 4) is 16.3 Å². The van der Waals surface area contributed by atoms with Crippen LogP contribution >= 0.6 is 45.9 Å². The van der Waals surface area contributed by atoms with Crippen LogP contribution in [-0.2, 0) is 0 Å². The molecule has 5 rings (SSSR count). The van der Waals surface area contributed by atoms with Gasteiger partial charge in [-0.15, -0.1) is 21.5 Å². The average molecular weight is 490 g/mol. The molecule has 0 atom stereocenters. The first kappa shape index (κ1) is 20.2. The largest absolute Gasteiger partial charge is 0.495 e. The van der Waals surface area contributed by atoms with E-state index in [1.165, 1.54) is 22.7 Å². The van der Waals surface area contributed by atoms with Gasteiger partial charge in [-0.25, -0.2) is 0 Å². The lowest BCUT2D eigenvalue weighted by Gasteiger charge is -2.11. The first-order valence-corrected chi connectivity index (χ1v) is 11.4. The highest BCUT2D eigenvalue weighted by molar-refractivity contribution is 7.21. The molecule has 3 aromatic heterocycles. The minimum atomic E-state index is -0.327. The zero-order valence-electron chi connectivity index (χ0n) is 16.1. The molecular formula is C20H13Cl2N5O2S2. The first-order valence-electron chi connectivity index (χ1n) is 9.01. The van der Waals surface area contributed by atoms with Crippen LogP contribution in [-0.4, -0.2) is 32.8 Å². The molecule has 0 aliphatic heterocycles. The van der Waals surface area contributed by atoms with E-state index in [4.69, 9.17) is 27.9 Å². The maximum atomic E-state index is 13.0. The van der Waals surface area contributed by atoms with Crippen molar-refractivity contribution in [2.24, 2.45) is 0 Å². The van der Waals surface area contributed by atoms with E-state index in [1.807, 2.05) is 25.1 Å². The number of anilines is 1. The Bertz CT molecular complexity index is 1470. The Morgan fingerprint density at radius 1 is 1.13 bits per heavy atom. The highest BCUT2D eigenvalue weighted by Crippen LogP contribution is 2.38. The number of hydrogen-bond donors (Lipinski definition) is 1. The van der Waals surface area contributed by atoms with Crippen LogP contribution < -0.4 is 10.1 Å². The summed E-state index contributed by atoms with van der Waals surface area (Å²) in [7, 11) is 1.55. The van der Waals surface area contributed by atoms with Crippen LogP contribution in [0, 0.1) is 6.92 Å². The van der Waals surface area contributed by atoms with Crippen LogP contribution in [0.4, 0.5) is 5.69 Å². The van der Waals surface area contributed by atoms with E-state index in [9.17, 15) is 4.79 Å². The third kappa shape index (κ3) is 3.53. The summed E-state index contributed by atoms with van der Waals surface area (Å²) < 4.78 is 7.97. The molecule has 156 valence electrons. The van der Waals surface area contributed by atoms with E-state index in [1.54, 1.807) is 29.8 Å². The average Bonchev–Trinajstić information content (AvgIpc) is 3.42. The highest BCUT2D eigenvalue weighted by atomic mass is 35.5. The van der Waals surface area contributed by atoms with Gasteiger partial charge in [0.1, 0.15) is 15.6 Å². The Morgan fingerprint density at radius 2 is 1.97 bits per heavy atom. The summed E-state index contributed by atoms with van der Waals surface area (Å²) in [6, 6.07) is 10.8. The number of carbonyl (C=O) groups is 1. The number of thiophene rings is 1. The number of carbonyl (C=O) groups excluding carboxylic acids is 1. The standard InChI is InChI=1S/C20H13Cl2N5O2S2/c1-9-24-25-20-27(9)26-19(31-20)10-3-6-14(29-2)13(7-10)23-18(28)17-16(22)12-5-4-11(21)8-15(12)30-17/h3-8H,1-2H3,(H,23,28). The van der Waals surface area contributed by atoms with Crippen molar-refractivity contribution in [1.29, 1.82) is 0 Å². The number of aromatic nitrogens is 4. The molecular weight excluding hydrogens is 477 g/mol. The number of rotatable bonds is 4. The molecule has 2 aromatic carbocycles. The number of halogens is 2. The quantitative estimate of drug-likeness (QED) is 0.337. The van der Waals surface area contributed by atoms with Crippen LogP contribution in [0.5, 0.6) is 5.75 Å². The molecule has 0 fully saturated rings. The van der Waals surface area contributed by atoms with Crippen molar-refractivity contribution in [2.45, 2.75) is 6.92 Å². The van der Waals surface area contributed by atoms with E-state index in [0.29, 0.717) is 37.1 Å². The van der Waals surface area contributed by atoms with Crippen molar-refractivity contribution < 1.29 is 9.53 Å². The Kier molecular flexibility index (Phi) is 5.05. The first-order chi connectivity index (χ1) is 14.9. The van der Waals surface area contributed by atoms with Gasteiger partial charge in [0.15, 0.2) is 5.82 Å². The normalized spacial score (nSPS) is 11.4. The molecule has 1 N–H and O–H groups in total. The zero-order valence-corrected chi connectivity index (χ0v) is 19.3. The van der Waals surface area contributed by atoms with Gasteiger partial charge in [-0.05, 0) is 37.3 Å². The molecule has 0 unspecified atom stereocenters. The van der Waals surface area contributed by atoms with Gasteiger partial charge < -0.3 is 10.1 Å². The van der Waals surface area contributed by atoms with Crippen LogP contribution in [0.3, 0.4) is 0 Å². The molecule has 0 radical (unpaired) electrons. The van der Waals surface area contributed by atoms with Crippen molar-refractivity contribution in [2.75, 3.05) is 12.4 Å². The second-order valence-corrected chi connectivity index (χ2v) is 9.43. The molecule has 0 spiro atoms. The topological polar surface area (TPSA) is 81.4 Å². The number of nitrogens with zero attached hydrogens (tertiary/aromatic N) is 4. The van der Waals surface area contributed by atoms with Crippen molar-refractivity contribution in [3.63, 3.8) is 0 Å². The SMILES string of the molecule is COc1ccc(-c2nn3c(C)nnc3s2)cc1NC(=O)c1sc2cc(Cl)ccc2c1Cl. The molecule has 0 saturated heterocycles. The van der Waals surface area contributed by atoms with Crippen LogP contribution in [0.1, 0.15) is 15.5 Å². The molecule has 1 amide bonds. The van der Waals surface area contributed by atoms with Gasteiger partial charge in [-0.2, -0.15) is 9.61 Å². The Morgan fingerprint density at radius 3 is 2.74 bits per heavy atom. The number of aryl methyl sites for hydroxylation is 1. The molecule has 5 aromatic rings. The van der Waals surface area contributed by atoms with Gasteiger partial charge in [0.25, 0.3) is 5.91 Å². The molecule has 3 heterocycles. The lowest BCUT2D eigenvalue weighted by molar-refractivity contribution is 0.103. The second-order valence-electron chi connectivity index (χ2n) is 6.60. The smallest absolute Gasteiger partial charge is 0.267 e. The fourth-order valence-electron chi connectivity index (χ4n) is 3.13. The number of benzene rings is 2. The summed E-state index contributed by atoms with van der Waals surface area (Å²) in [4.78, 5) is 14.1. The minimum absolute atomic E-state index is 0.327. The summed E-state index contributed by atoms with van der Waals surface area (Å²) in [5.41, 5.74) is 1.33. The van der Waals surface area contributed by atoms with Gasteiger partial charge in [0, 0.05) is 20.7 Å². The third-order valence-electron chi connectivity index (χ3n) is 4.64. The van der Waals surface area contributed by atoms with E-state index in [-0.39, 0.29) is 5.91 Å². The number of ether oxygens (including phenoxy) is 1. The van der Waals surface area contributed by atoms with Crippen molar-refractivity contribution >= 4 is 72.5 Å². The second kappa shape index (κ2) is 7.76. The zero-order chi connectivity index (χ0) is 21.7. The highest BCUT2D eigenvalue weighted by Gasteiger charge is 2.20. The number of hydrogen-bond acceptors (Lipinski definition) is 7.